The van der Waals surface area contributed by atoms with E-state index in [9.17, 15) is 0 Å². The highest BCUT2D eigenvalue weighted by Crippen LogP contribution is 2.07. The molecule has 2 nitrogen and oxygen atoms in total. The Morgan fingerprint density at radius 1 is 1.73 bits per heavy atom. The molecule has 1 heterocycles. The lowest BCUT2D eigenvalue weighted by Crippen LogP contribution is -1.72. The lowest BCUT2D eigenvalue weighted by Gasteiger charge is -1.84. The first kappa shape index (κ1) is 7.79. The minimum absolute atomic E-state index is 0.826. The predicted molar refractivity (Wildman–Crippen MR) is 45.1 cm³/mol. The summed E-state index contributed by atoms with van der Waals surface area (Å²) in [7, 11) is 0. The van der Waals surface area contributed by atoms with E-state index >= 15 is 0 Å². The lowest BCUT2D eigenvalue weighted by molar-refractivity contribution is 0.547. The van der Waals surface area contributed by atoms with E-state index in [1.165, 1.54) is 6.39 Å². The fraction of sp³-hybridized carbons (Fsp3) is 0.222. The molecule has 11 heavy (non-hydrogen) atoms. The average Bonchev–Trinajstić information content (AvgIpc) is 2.37. The molecule has 0 saturated heterocycles. The van der Waals surface area contributed by atoms with Crippen LogP contribution in [0.15, 0.2) is 29.5 Å². The van der Waals surface area contributed by atoms with E-state index in [1.807, 2.05) is 25.2 Å². The van der Waals surface area contributed by atoms with Gasteiger partial charge in [0.25, 0.3) is 0 Å². The first-order valence-electron chi connectivity index (χ1n) is 3.52. The van der Waals surface area contributed by atoms with E-state index in [0.717, 1.165) is 17.9 Å². The van der Waals surface area contributed by atoms with Gasteiger partial charge in [-0.25, -0.2) is 4.98 Å². The lowest BCUT2D eigenvalue weighted by atomic mass is 10.3. The van der Waals surface area contributed by atoms with Crippen molar-refractivity contribution in [1.29, 1.82) is 0 Å². The van der Waals surface area contributed by atoms with Gasteiger partial charge in [0.1, 0.15) is 5.76 Å². The van der Waals surface area contributed by atoms with Crippen molar-refractivity contribution in [1.82, 2.24) is 4.98 Å². The Labute approximate surface area is 66.3 Å². The van der Waals surface area contributed by atoms with Gasteiger partial charge in [0, 0.05) is 0 Å². The second kappa shape index (κ2) is 3.76. The third kappa shape index (κ3) is 2.08. The van der Waals surface area contributed by atoms with Crippen LogP contribution in [0.25, 0.3) is 6.08 Å². The number of rotatable bonds is 3. The SMILES string of the molecule is C=CCC=Cc1ocnc1C. The van der Waals surface area contributed by atoms with Crippen molar-refractivity contribution in [2.45, 2.75) is 13.3 Å². The van der Waals surface area contributed by atoms with Crippen molar-refractivity contribution < 1.29 is 4.42 Å². The number of aryl methyl sites for hydroxylation is 1. The van der Waals surface area contributed by atoms with E-state index in [-0.39, 0.29) is 0 Å². The van der Waals surface area contributed by atoms with Gasteiger partial charge < -0.3 is 4.42 Å². The van der Waals surface area contributed by atoms with E-state index in [0.29, 0.717) is 0 Å². The summed E-state index contributed by atoms with van der Waals surface area (Å²) in [5.74, 6) is 0.826. The zero-order valence-corrected chi connectivity index (χ0v) is 6.58. The van der Waals surface area contributed by atoms with Crippen molar-refractivity contribution >= 4 is 6.08 Å². The summed E-state index contributed by atoms with van der Waals surface area (Å²) in [6.45, 7) is 5.52. The summed E-state index contributed by atoms with van der Waals surface area (Å²) in [6.07, 6.45) is 8.04. The maximum Gasteiger partial charge on any atom is 0.181 e. The molecule has 1 aromatic heterocycles. The number of aromatic nitrogens is 1. The van der Waals surface area contributed by atoms with Crippen LogP contribution in [-0.4, -0.2) is 4.98 Å². The second-order valence-corrected chi connectivity index (χ2v) is 2.23. The molecule has 0 bridgehead atoms. The van der Waals surface area contributed by atoms with Crippen LogP contribution in [0.4, 0.5) is 0 Å². The zero-order valence-electron chi connectivity index (χ0n) is 6.58. The van der Waals surface area contributed by atoms with Crippen molar-refractivity contribution in [3.05, 3.63) is 36.6 Å². The minimum atomic E-state index is 0.826. The second-order valence-electron chi connectivity index (χ2n) is 2.23. The molecule has 0 fully saturated rings. The van der Waals surface area contributed by atoms with Gasteiger partial charge in [-0.15, -0.1) is 6.58 Å². The highest BCUT2D eigenvalue weighted by molar-refractivity contribution is 5.44. The quantitative estimate of drug-likeness (QED) is 0.617. The molecule has 58 valence electrons. The summed E-state index contributed by atoms with van der Waals surface area (Å²) in [4.78, 5) is 3.95. The van der Waals surface area contributed by atoms with Crippen LogP contribution < -0.4 is 0 Å². The molecular weight excluding hydrogens is 138 g/mol. The molecule has 0 aliphatic carbocycles. The first-order valence-corrected chi connectivity index (χ1v) is 3.52. The van der Waals surface area contributed by atoms with Crippen molar-refractivity contribution in [3.63, 3.8) is 0 Å². The first-order chi connectivity index (χ1) is 5.34. The standard InChI is InChI=1S/C9H11NO/c1-3-4-5-6-9-8(2)10-7-11-9/h3,5-7H,1,4H2,2H3. The number of allylic oxidation sites excluding steroid dienone is 2. The maximum atomic E-state index is 5.08. The Kier molecular flexibility index (Phi) is 2.66. The van der Waals surface area contributed by atoms with Crippen LogP contribution in [0.2, 0.25) is 0 Å². The summed E-state index contributed by atoms with van der Waals surface area (Å²) >= 11 is 0. The Balaban J connectivity index is 2.63. The van der Waals surface area contributed by atoms with Gasteiger partial charge in [0.2, 0.25) is 0 Å². The molecule has 0 atom stereocenters. The predicted octanol–water partition coefficient (Wildman–Crippen LogP) is 2.57. The van der Waals surface area contributed by atoms with Gasteiger partial charge in [-0.3, -0.25) is 0 Å². The minimum Gasteiger partial charge on any atom is -0.444 e. The van der Waals surface area contributed by atoms with E-state index in [2.05, 4.69) is 11.6 Å². The van der Waals surface area contributed by atoms with E-state index in [4.69, 9.17) is 4.42 Å². The third-order valence-electron chi connectivity index (χ3n) is 1.35. The zero-order chi connectivity index (χ0) is 8.10. The molecule has 0 unspecified atom stereocenters. The number of hydrogen-bond donors (Lipinski definition) is 0. The van der Waals surface area contributed by atoms with Crippen LogP contribution in [0.1, 0.15) is 17.9 Å². The number of oxazole rings is 1. The Hall–Kier alpha value is -1.31. The molecule has 0 aliphatic rings. The van der Waals surface area contributed by atoms with Crippen molar-refractivity contribution in [2.24, 2.45) is 0 Å². The fourth-order valence-corrected chi connectivity index (χ4v) is 0.742. The molecule has 0 amide bonds. The van der Waals surface area contributed by atoms with Gasteiger partial charge in [0.15, 0.2) is 6.39 Å². The molecule has 1 rings (SSSR count). The van der Waals surface area contributed by atoms with Crippen LogP contribution in [0, 0.1) is 6.92 Å². The van der Waals surface area contributed by atoms with Crippen molar-refractivity contribution in [2.75, 3.05) is 0 Å². The van der Waals surface area contributed by atoms with Gasteiger partial charge >= 0.3 is 0 Å². The highest BCUT2D eigenvalue weighted by atomic mass is 16.3. The van der Waals surface area contributed by atoms with Crippen LogP contribution >= 0.6 is 0 Å². The summed E-state index contributed by atoms with van der Waals surface area (Å²) in [6, 6.07) is 0. The molecule has 0 saturated carbocycles. The summed E-state index contributed by atoms with van der Waals surface area (Å²) in [5, 5.41) is 0. The molecule has 1 aromatic rings. The Morgan fingerprint density at radius 2 is 2.55 bits per heavy atom. The highest BCUT2D eigenvalue weighted by Gasteiger charge is 1.95. The van der Waals surface area contributed by atoms with E-state index < -0.39 is 0 Å². The van der Waals surface area contributed by atoms with Crippen LogP contribution in [-0.2, 0) is 0 Å². The molecule has 0 N–H and O–H groups in total. The molecule has 0 aliphatic heterocycles. The maximum absolute atomic E-state index is 5.08. The van der Waals surface area contributed by atoms with Crippen LogP contribution in [0.3, 0.4) is 0 Å². The summed E-state index contributed by atoms with van der Waals surface area (Å²) < 4.78 is 5.08. The smallest absolute Gasteiger partial charge is 0.181 e. The van der Waals surface area contributed by atoms with Crippen LogP contribution in [0.5, 0.6) is 0 Å². The molecule has 0 spiro atoms. The number of nitrogens with zero attached hydrogens (tertiary/aromatic N) is 1. The van der Waals surface area contributed by atoms with Crippen molar-refractivity contribution in [3.8, 4) is 0 Å². The normalized spacial score (nSPS) is 10.6. The summed E-state index contributed by atoms with van der Waals surface area (Å²) in [5.41, 5.74) is 0.922. The topological polar surface area (TPSA) is 26.0 Å². The van der Waals surface area contributed by atoms with E-state index in [1.54, 1.807) is 0 Å². The molecule has 2 heteroatoms. The fourth-order valence-electron chi connectivity index (χ4n) is 0.742. The van der Waals surface area contributed by atoms with Gasteiger partial charge in [-0.1, -0.05) is 12.2 Å². The molecule has 0 radical (unpaired) electrons. The number of hydrogen-bond acceptors (Lipinski definition) is 2. The Bertz CT molecular complexity index is 260. The monoisotopic (exact) mass is 149 g/mol. The Morgan fingerprint density at radius 3 is 3.09 bits per heavy atom. The third-order valence-corrected chi connectivity index (χ3v) is 1.35. The van der Waals surface area contributed by atoms with Gasteiger partial charge in [-0.05, 0) is 19.4 Å². The van der Waals surface area contributed by atoms with Gasteiger partial charge in [0.05, 0.1) is 5.69 Å². The molecular formula is C9H11NO. The average molecular weight is 149 g/mol. The molecule has 0 aromatic carbocycles. The largest absolute Gasteiger partial charge is 0.444 e. The van der Waals surface area contributed by atoms with Gasteiger partial charge in [-0.2, -0.15) is 0 Å².